The largest absolute Gasteiger partial charge is 0.380 e. The molecule has 0 saturated carbocycles. The molecule has 0 bridgehead atoms. The maximum Gasteiger partial charge on any atom is 0.252 e. The van der Waals surface area contributed by atoms with Crippen molar-refractivity contribution in [2.45, 2.75) is 45.4 Å². The van der Waals surface area contributed by atoms with Gasteiger partial charge in [-0.05, 0) is 31.6 Å². The molecule has 1 heterocycles. The van der Waals surface area contributed by atoms with Gasteiger partial charge in [0.25, 0.3) is 5.91 Å². The number of aromatic amines is 1. The van der Waals surface area contributed by atoms with Crippen LogP contribution in [0, 0.1) is 4.77 Å². The zero-order valence-electron chi connectivity index (χ0n) is 13.5. The minimum Gasteiger partial charge on any atom is -0.380 e. The second-order valence-electron chi connectivity index (χ2n) is 5.65. The molecule has 1 amide bonds. The summed E-state index contributed by atoms with van der Waals surface area (Å²) in [5, 5.41) is 20.2. The van der Waals surface area contributed by atoms with Crippen molar-refractivity contribution in [2.75, 3.05) is 0 Å². The monoisotopic (exact) mass is 334 g/mol. The fraction of sp³-hybridized carbons (Fsp3) is 0.438. The van der Waals surface area contributed by atoms with Gasteiger partial charge < -0.3 is 15.0 Å². The van der Waals surface area contributed by atoms with Gasteiger partial charge in [0.05, 0.1) is 6.54 Å². The first kappa shape index (κ1) is 17.4. The summed E-state index contributed by atoms with van der Waals surface area (Å²) in [5.74, 6) is -0.143. The number of hydrogen-bond acceptors (Lipinski definition) is 4. The lowest BCUT2D eigenvalue weighted by atomic mass is 9.84. The topological polar surface area (TPSA) is 82.9 Å². The third kappa shape index (κ3) is 3.68. The highest BCUT2D eigenvalue weighted by Gasteiger charge is 2.37. The van der Waals surface area contributed by atoms with Crippen LogP contribution >= 0.6 is 12.2 Å². The molecule has 0 fully saturated rings. The zero-order chi connectivity index (χ0) is 17.0. The fourth-order valence-corrected chi connectivity index (χ4v) is 2.69. The SMILES string of the molecule is CCn1c(CNC(=O)[C@](C)(O)[C@@H](C)c2ccccc2)n[nH]c1=S. The third-order valence-electron chi connectivity index (χ3n) is 4.16. The predicted octanol–water partition coefficient (Wildman–Crippen LogP) is 2.13. The van der Waals surface area contributed by atoms with Gasteiger partial charge >= 0.3 is 0 Å². The normalized spacial score (nSPS) is 15.0. The molecule has 3 N–H and O–H groups in total. The molecule has 23 heavy (non-hydrogen) atoms. The summed E-state index contributed by atoms with van der Waals surface area (Å²) in [6.07, 6.45) is 0. The number of benzene rings is 1. The van der Waals surface area contributed by atoms with Gasteiger partial charge in [-0.2, -0.15) is 5.10 Å². The lowest BCUT2D eigenvalue weighted by Crippen LogP contribution is -2.48. The van der Waals surface area contributed by atoms with E-state index in [1.807, 2.05) is 44.2 Å². The number of carbonyl (C=O) groups excluding carboxylic acids is 1. The molecule has 0 aliphatic heterocycles. The van der Waals surface area contributed by atoms with Gasteiger partial charge in [0.15, 0.2) is 10.6 Å². The Hall–Kier alpha value is -1.99. The van der Waals surface area contributed by atoms with E-state index in [-0.39, 0.29) is 12.5 Å². The number of nitrogens with one attached hydrogen (secondary N) is 2. The van der Waals surface area contributed by atoms with Crippen molar-refractivity contribution in [3.63, 3.8) is 0 Å². The Bertz CT molecular complexity index is 721. The van der Waals surface area contributed by atoms with Gasteiger partial charge in [0.2, 0.25) is 0 Å². The standard InChI is InChI=1S/C16H22N4O2S/c1-4-20-13(18-19-15(20)23)10-17-14(21)16(3,22)11(2)12-8-6-5-7-9-12/h5-9,11,22H,4,10H2,1-3H3,(H,17,21)(H,19,23)/t11-,16+/m0/s1. The Morgan fingerprint density at radius 2 is 2.13 bits per heavy atom. The number of nitrogens with zero attached hydrogens (tertiary/aromatic N) is 2. The number of aliphatic hydroxyl groups is 1. The Kier molecular flexibility index (Phi) is 5.33. The van der Waals surface area contributed by atoms with Crippen LogP contribution in [0.3, 0.4) is 0 Å². The van der Waals surface area contributed by atoms with E-state index in [9.17, 15) is 9.90 Å². The number of aromatic nitrogens is 3. The Labute approximate surface area is 140 Å². The molecule has 0 saturated heterocycles. The van der Waals surface area contributed by atoms with Gasteiger partial charge in [-0.1, -0.05) is 37.3 Å². The van der Waals surface area contributed by atoms with Gasteiger partial charge in [0.1, 0.15) is 5.60 Å². The molecule has 0 unspecified atom stereocenters. The minimum atomic E-state index is -1.52. The molecule has 2 aromatic rings. The van der Waals surface area contributed by atoms with Gasteiger partial charge in [-0.3, -0.25) is 9.89 Å². The summed E-state index contributed by atoms with van der Waals surface area (Å²) in [6.45, 7) is 6.17. The van der Waals surface area contributed by atoms with Crippen molar-refractivity contribution in [1.29, 1.82) is 0 Å². The third-order valence-corrected chi connectivity index (χ3v) is 4.47. The quantitative estimate of drug-likeness (QED) is 0.707. The Morgan fingerprint density at radius 3 is 2.74 bits per heavy atom. The second kappa shape index (κ2) is 7.06. The van der Waals surface area contributed by atoms with E-state index in [2.05, 4.69) is 15.5 Å². The van der Waals surface area contributed by atoms with Crippen LogP contribution in [-0.4, -0.2) is 31.4 Å². The van der Waals surface area contributed by atoms with E-state index in [0.29, 0.717) is 17.1 Å². The lowest BCUT2D eigenvalue weighted by molar-refractivity contribution is -0.140. The number of H-pyrrole nitrogens is 1. The number of amides is 1. The summed E-state index contributed by atoms with van der Waals surface area (Å²) < 4.78 is 2.31. The van der Waals surface area contributed by atoms with Crippen LogP contribution in [0.4, 0.5) is 0 Å². The first-order chi connectivity index (χ1) is 10.9. The average molecular weight is 334 g/mol. The van der Waals surface area contributed by atoms with Crippen LogP contribution in [0.2, 0.25) is 0 Å². The van der Waals surface area contributed by atoms with Crippen LogP contribution in [-0.2, 0) is 17.9 Å². The van der Waals surface area contributed by atoms with Crippen molar-refractivity contribution in [1.82, 2.24) is 20.1 Å². The van der Waals surface area contributed by atoms with E-state index in [4.69, 9.17) is 12.2 Å². The molecular formula is C16H22N4O2S. The molecule has 2 atom stereocenters. The highest BCUT2D eigenvalue weighted by atomic mass is 32.1. The number of rotatable bonds is 6. The summed E-state index contributed by atoms with van der Waals surface area (Å²) >= 11 is 5.11. The smallest absolute Gasteiger partial charge is 0.252 e. The average Bonchev–Trinajstić information content (AvgIpc) is 2.92. The fourth-order valence-electron chi connectivity index (χ4n) is 2.41. The van der Waals surface area contributed by atoms with Crippen LogP contribution in [0.25, 0.3) is 0 Å². The molecule has 0 aliphatic rings. The highest BCUT2D eigenvalue weighted by Crippen LogP contribution is 2.27. The molecule has 1 aromatic carbocycles. The number of hydrogen-bond donors (Lipinski definition) is 3. The molecule has 6 nitrogen and oxygen atoms in total. The molecule has 7 heteroatoms. The molecule has 0 aliphatic carbocycles. The van der Waals surface area contributed by atoms with Gasteiger partial charge in [-0.15, -0.1) is 0 Å². The van der Waals surface area contributed by atoms with E-state index in [1.54, 1.807) is 4.57 Å². The van der Waals surface area contributed by atoms with E-state index >= 15 is 0 Å². The lowest BCUT2D eigenvalue weighted by Gasteiger charge is -2.29. The molecule has 0 radical (unpaired) electrons. The zero-order valence-corrected chi connectivity index (χ0v) is 14.4. The predicted molar refractivity (Wildman–Crippen MR) is 90.4 cm³/mol. The van der Waals surface area contributed by atoms with E-state index < -0.39 is 11.5 Å². The first-order valence-corrected chi connectivity index (χ1v) is 7.98. The summed E-state index contributed by atoms with van der Waals surface area (Å²) in [7, 11) is 0. The van der Waals surface area contributed by atoms with Crippen LogP contribution in [0.1, 0.15) is 38.1 Å². The van der Waals surface area contributed by atoms with Crippen LogP contribution < -0.4 is 5.32 Å². The summed E-state index contributed by atoms with van der Waals surface area (Å²) in [5.41, 5.74) is -0.616. The van der Waals surface area contributed by atoms with Crippen molar-refractivity contribution < 1.29 is 9.90 Å². The van der Waals surface area contributed by atoms with Crippen molar-refractivity contribution in [3.05, 3.63) is 46.5 Å². The maximum atomic E-state index is 12.4. The molecule has 124 valence electrons. The van der Waals surface area contributed by atoms with Crippen LogP contribution in [0.15, 0.2) is 30.3 Å². The molecule has 1 aromatic heterocycles. The molecular weight excluding hydrogens is 312 g/mol. The van der Waals surface area contributed by atoms with Crippen molar-refractivity contribution >= 4 is 18.1 Å². The van der Waals surface area contributed by atoms with Crippen molar-refractivity contribution in [2.24, 2.45) is 0 Å². The Morgan fingerprint density at radius 1 is 1.48 bits per heavy atom. The maximum absolute atomic E-state index is 12.4. The van der Waals surface area contributed by atoms with Crippen molar-refractivity contribution in [3.8, 4) is 0 Å². The van der Waals surface area contributed by atoms with Gasteiger partial charge in [-0.25, -0.2) is 0 Å². The molecule has 0 spiro atoms. The highest BCUT2D eigenvalue weighted by molar-refractivity contribution is 7.71. The number of carbonyl (C=O) groups is 1. The minimum absolute atomic E-state index is 0.206. The summed E-state index contributed by atoms with van der Waals surface area (Å²) in [6, 6.07) is 9.47. The van der Waals surface area contributed by atoms with E-state index in [1.165, 1.54) is 6.92 Å². The second-order valence-corrected chi connectivity index (χ2v) is 6.04. The summed E-state index contributed by atoms with van der Waals surface area (Å²) in [4.78, 5) is 12.4. The first-order valence-electron chi connectivity index (χ1n) is 7.57. The Balaban J connectivity index is 2.08. The van der Waals surface area contributed by atoms with Gasteiger partial charge in [0, 0.05) is 12.5 Å². The van der Waals surface area contributed by atoms with Crippen LogP contribution in [0.5, 0.6) is 0 Å². The van der Waals surface area contributed by atoms with E-state index in [0.717, 1.165) is 5.56 Å². The molecule has 2 rings (SSSR count).